The highest BCUT2D eigenvalue weighted by Crippen LogP contribution is 2.11. The second-order valence-electron chi connectivity index (χ2n) is 4.10. The van der Waals surface area contributed by atoms with E-state index in [1.165, 1.54) is 17.7 Å². The SMILES string of the molecule is CCc1ccc(C#Cc2ccc([N+](=O)[O-])cc2)cc1. The summed E-state index contributed by atoms with van der Waals surface area (Å²) in [6, 6.07) is 14.3. The van der Waals surface area contributed by atoms with E-state index in [9.17, 15) is 10.1 Å². The van der Waals surface area contributed by atoms with Crippen LogP contribution in [0.2, 0.25) is 0 Å². The van der Waals surface area contributed by atoms with Gasteiger partial charge >= 0.3 is 0 Å². The van der Waals surface area contributed by atoms with Crippen molar-refractivity contribution in [2.45, 2.75) is 13.3 Å². The number of hydrogen-bond acceptors (Lipinski definition) is 2. The Labute approximate surface area is 112 Å². The molecule has 0 N–H and O–H groups in total. The Hall–Kier alpha value is -2.60. The fraction of sp³-hybridized carbons (Fsp3) is 0.125. The smallest absolute Gasteiger partial charge is 0.258 e. The molecular weight excluding hydrogens is 238 g/mol. The summed E-state index contributed by atoms with van der Waals surface area (Å²) >= 11 is 0. The van der Waals surface area contributed by atoms with Crippen molar-refractivity contribution >= 4 is 5.69 Å². The van der Waals surface area contributed by atoms with Gasteiger partial charge in [0.2, 0.25) is 0 Å². The zero-order valence-electron chi connectivity index (χ0n) is 10.6. The van der Waals surface area contributed by atoms with Crippen molar-refractivity contribution in [3.63, 3.8) is 0 Å². The minimum absolute atomic E-state index is 0.0813. The Morgan fingerprint density at radius 2 is 1.42 bits per heavy atom. The molecule has 0 aromatic heterocycles. The maximum absolute atomic E-state index is 10.5. The fourth-order valence-electron chi connectivity index (χ4n) is 1.63. The van der Waals surface area contributed by atoms with Crippen molar-refractivity contribution in [3.8, 4) is 11.8 Å². The van der Waals surface area contributed by atoms with E-state index >= 15 is 0 Å². The summed E-state index contributed by atoms with van der Waals surface area (Å²) in [5.41, 5.74) is 3.07. The van der Waals surface area contributed by atoms with E-state index in [0.29, 0.717) is 0 Å². The summed E-state index contributed by atoms with van der Waals surface area (Å²) in [5.74, 6) is 6.03. The van der Waals surface area contributed by atoms with Gasteiger partial charge in [-0.05, 0) is 36.2 Å². The lowest BCUT2D eigenvalue weighted by atomic mass is 10.1. The molecule has 19 heavy (non-hydrogen) atoms. The number of nitro groups is 1. The lowest BCUT2D eigenvalue weighted by Crippen LogP contribution is -1.87. The van der Waals surface area contributed by atoms with Gasteiger partial charge < -0.3 is 0 Å². The van der Waals surface area contributed by atoms with Gasteiger partial charge in [-0.1, -0.05) is 30.9 Å². The number of rotatable bonds is 2. The Morgan fingerprint density at radius 1 is 0.947 bits per heavy atom. The number of nitro benzene ring substituents is 1. The molecule has 0 aliphatic carbocycles. The summed E-state index contributed by atoms with van der Waals surface area (Å²) in [6.45, 7) is 2.11. The van der Waals surface area contributed by atoms with E-state index in [-0.39, 0.29) is 5.69 Å². The first-order chi connectivity index (χ1) is 9.19. The van der Waals surface area contributed by atoms with Gasteiger partial charge in [0.05, 0.1) is 4.92 Å². The quantitative estimate of drug-likeness (QED) is 0.465. The van der Waals surface area contributed by atoms with Crippen LogP contribution >= 0.6 is 0 Å². The van der Waals surface area contributed by atoms with Gasteiger partial charge in [-0.25, -0.2) is 0 Å². The molecule has 0 aliphatic rings. The maximum atomic E-state index is 10.5. The Kier molecular flexibility index (Phi) is 3.94. The molecule has 0 aliphatic heterocycles. The number of benzene rings is 2. The van der Waals surface area contributed by atoms with Gasteiger partial charge in [0.25, 0.3) is 5.69 Å². The molecule has 2 aromatic carbocycles. The molecule has 2 rings (SSSR count). The molecule has 0 amide bonds. The monoisotopic (exact) mass is 251 g/mol. The molecule has 3 nitrogen and oxygen atoms in total. The summed E-state index contributed by atoms with van der Waals surface area (Å²) in [5, 5.41) is 10.5. The van der Waals surface area contributed by atoms with E-state index in [4.69, 9.17) is 0 Å². The van der Waals surface area contributed by atoms with E-state index in [1.807, 2.05) is 12.1 Å². The molecule has 0 saturated heterocycles. The van der Waals surface area contributed by atoms with Crippen LogP contribution in [-0.2, 0) is 6.42 Å². The maximum Gasteiger partial charge on any atom is 0.269 e. The number of nitrogens with zero attached hydrogens (tertiary/aromatic N) is 1. The van der Waals surface area contributed by atoms with Gasteiger partial charge in [-0.2, -0.15) is 0 Å². The van der Waals surface area contributed by atoms with Crippen LogP contribution in [0.1, 0.15) is 23.6 Å². The molecule has 0 radical (unpaired) electrons. The molecule has 0 spiro atoms. The minimum atomic E-state index is -0.416. The highest BCUT2D eigenvalue weighted by atomic mass is 16.6. The van der Waals surface area contributed by atoms with Crippen LogP contribution in [0.4, 0.5) is 5.69 Å². The first-order valence-corrected chi connectivity index (χ1v) is 6.04. The lowest BCUT2D eigenvalue weighted by molar-refractivity contribution is -0.384. The molecule has 0 bridgehead atoms. The highest BCUT2D eigenvalue weighted by molar-refractivity contribution is 5.46. The molecule has 0 heterocycles. The zero-order chi connectivity index (χ0) is 13.7. The van der Waals surface area contributed by atoms with Crippen LogP contribution in [0.5, 0.6) is 0 Å². The number of aryl methyl sites for hydroxylation is 1. The molecule has 0 unspecified atom stereocenters. The van der Waals surface area contributed by atoms with E-state index in [0.717, 1.165) is 17.5 Å². The third-order valence-corrected chi connectivity index (χ3v) is 2.79. The third kappa shape index (κ3) is 3.43. The molecule has 0 atom stereocenters. The second-order valence-corrected chi connectivity index (χ2v) is 4.10. The van der Waals surface area contributed by atoms with Gasteiger partial charge in [-0.3, -0.25) is 10.1 Å². The molecule has 3 heteroatoms. The topological polar surface area (TPSA) is 43.1 Å². The first-order valence-electron chi connectivity index (χ1n) is 6.04. The standard InChI is InChI=1S/C16H13NO2/c1-2-13-3-5-14(6-4-13)7-8-15-9-11-16(12-10-15)17(18)19/h3-6,9-12H,2H2,1H3. The van der Waals surface area contributed by atoms with Crippen molar-refractivity contribution in [1.29, 1.82) is 0 Å². The third-order valence-electron chi connectivity index (χ3n) is 2.79. The molecule has 0 saturated carbocycles. The predicted molar refractivity (Wildman–Crippen MR) is 74.9 cm³/mol. The molecular formula is C16H13NO2. The van der Waals surface area contributed by atoms with E-state index in [2.05, 4.69) is 30.9 Å². The average molecular weight is 251 g/mol. The highest BCUT2D eigenvalue weighted by Gasteiger charge is 2.02. The first kappa shape index (κ1) is 12.8. The molecule has 0 fully saturated rings. The van der Waals surface area contributed by atoms with Crippen molar-refractivity contribution < 1.29 is 4.92 Å². The Morgan fingerprint density at radius 3 is 1.84 bits per heavy atom. The Bertz CT molecular complexity index is 631. The van der Waals surface area contributed by atoms with Gasteiger partial charge in [0.15, 0.2) is 0 Å². The summed E-state index contributed by atoms with van der Waals surface area (Å²) in [7, 11) is 0. The van der Waals surface area contributed by atoms with Gasteiger partial charge in [0, 0.05) is 23.3 Å². The molecule has 94 valence electrons. The van der Waals surface area contributed by atoms with Gasteiger partial charge in [-0.15, -0.1) is 0 Å². The second kappa shape index (κ2) is 5.83. The normalized spacial score (nSPS) is 9.53. The number of hydrogen-bond donors (Lipinski definition) is 0. The van der Waals surface area contributed by atoms with Gasteiger partial charge in [0.1, 0.15) is 0 Å². The van der Waals surface area contributed by atoms with Crippen molar-refractivity contribution in [2.24, 2.45) is 0 Å². The van der Waals surface area contributed by atoms with Crippen LogP contribution in [-0.4, -0.2) is 4.92 Å². The van der Waals surface area contributed by atoms with Crippen molar-refractivity contribution in [3.05, 3.63) is 75.3 Å². The van der Waals surface area contributed by atoms with Crippen LogP contribution in [0.25, 0.3) is 0 Å². The van der Waals surface area contributed by atoms with E-state index < -0.39 is 4.92 Å². The van der Waals surface area contributed by atoms with E-state index in [1.54, 1.807) is 12.1 Å². The summed E-state index contributed by atoms with van der Waals surface area (Å²) < 4.78 is 0. The summed E-state index contributed by atoms with van der Waals surface area (Å²) in [4.78, 5) is 10.1. The Balaban J connectivity index is 2.16. The van der Waals surface area contributed by atoms with Crippen LogP contribution in [0.15, 0.2) is 48.5 Å². The van der Waals surface area contributed by atoms with Crippen molar-refractivity contribution in [2.75, 3.05) is 0 Å². The predicted octanol–water partition coefficient (Wildman–Crippen LogP) is 3.56. The number of non-ortho nitro benzene ring substituents is 1. The van der Waals surface area contributed by atoms with Crippen LogP contribution < -0.4 is 0 Å². The van der Waals surface area contributed by atoms with Crippen LogP contribution in [0.3, 0.4) is 0 Å². The molecule has 2 aromatic rings. The average Bonchev–Trinajstić information content (AvgIpc) is 2.46. The minimum Gasteiger partial charge on any atom is -0.258 e. The lowest BCUT2D eigenvalue weighted by Gasteiger charge is -1.95. The van der Waals surface area contributed by atoms with Crippen molar-refractivity contribution in [1.82, 2.24) is 0 Å². The van der Waals surface area contributed by atoms with Crippen LogP contribution in [0, 0.1) is 22.0 Å². The zero-order valence-corrected chi connectivity index (χ0v) is 10.6. The fourth-order valence-corrected chi connectivity index (χ4v) is 1.63. The summed E-state index contributed by atoms with van der Waals surface area (Å²) in [6.07, 6.45) is 1.01. The largest absolute Gasteiger partial charge is 0.269 e.